The van der Waals surface area contributed by atoms with Crippen LogP contribution in [0.15, 0.2) is 0 Å². The molecule has 4 nitrogen and oxygen atoms in total. The van der Waals surface area contributed by atoms with E-state index in [0.717, 1.165) is 0 Å². The normalized spacial score (nSPS) is 13.2. The van der Waals surface area contributed by atoms with Gasteiger partial charge in [0.2, 0.25) is 0 Å². The number of alkyl carbamates (subject to hydrolysis) is 1. The predicted octanol–water partition coefficient (Wildman–Crippen LogP) is 2.06. The molecule has 0 aromatic rings. The van der Waals surface area contributed by atoms with Crippen LogP contribution in [0.3, 0.4) is 0 Å². The fourth-order valence-corrected chi connectivity index (χ4v) is 0.783. The number of nitrogens with zero attached hydrogens (tertiary/aromatic N) is 1. The first-order chi connectivity index (χ1) is 6.26. The topological polar surface area (TPSA) is 62.1 Å². The lowest BCUT2D eigenvalue weighted by Crippen LogP contribution is -2.40. The number of nitrogens with one attached hydrogen (secondary N) is 1. The number of ether oxygens (including phenoxy) is 1. The highest BCUT2D eigenvalue weighted by Gasteiger charge is 2.20. The molecule has 1 atom stereocenters. The Hall–Kier alpha value is -1.24. The smallest absolute Gasteiger partial charge is 0.408 e. The summed E-state index contributed by atoms with van der Waals surface area (Å²) >= 11 is 0. The summed E-state index contributed by atoms with van der Waals surface area (Å²) in [6.45, 7) is 9.08. The van der Waals surface area contributed by atoms with Crippen LogP contribution in [0.4, 0.5) is 4.79 Å². The number of nitriles is 1. The summed E-state index contributed by atoms with van der Waals surface area (Å²) in [5, 5.41) is 11.2. The summed E-state index contributed by atoms with van der Waals surface area (Å²) in [4.78, 5) is 11.2. The Kier molecular flexibility index (Phi) is 4.42. The highest BCUT2D eigenvalue weighted by molar-refractivity contribution is 5.68. The molecule has 0 aliphatic carbocycles. The van der Waals surface area contributed by atoms with Gasteiger partial charge in [-0.15, -0.1) is 0 Å². The van der Waals surface area contributed by atoms with E-state index in [0.29, 0.717) is 0 Å². The van der Waals surface area contributed by atoms with Gasteiger partial charge in [-0.25, -0.2) is 4.79 Å². The zero-order chi connectivity index (χ0) is 11.4. The monoisotopic (exact) mass is 198 g/mol. The molecule has 0 aliphatic heterocycles. The molecule has 0 heterocycles. The third-order valence-corrected chi connectivity index (χ3v) is 1.48. The number of rotatable bonds is 2. The maximum absolute atomic E-state index is 11.2. The number of amides is 1. The van der Waals surface area contributed by atoms with Crippen LogP contribution >= 0.6 is 0 Å². The zero-order valence-corrected chi connectivity index (χ0v) is 9.42. The van der Waals surface area contributed by atoms with Crippen molar-refractivity contribution in [3.8, 4) is 6.07 Å². The molecule has 0 rings (SSSR count). The minimum atomic E-state index is -0.544. The molecule has 0 spiro atoms. The Bertz CT molecular complexity index is 235. The second kappa shape index (κ2) is 4.85. The molecular weight excluding hydrogens is 180 g/mol. The van der Waals surface area contributed by atoms with Crippen LogP contribution in [0.5, 0.6) is 0 Å². The summed E-state index contributed by atoms with van der Waals surface area (Å²) in [6, 6.07) is 1.51. The summed E-state index contributed by atoms with van der Waals surface area (Å²) < 4.78 is 5.02. The minimum Gasteiger partial charge on any atom is -0.444 e. The lowest BCUT2D eigenvalue weighted by Gasteiger charge is -2.22. The van der Waals surface area contributed by atoms with Crippen molar-refractivity contribution in [2.75, 3.05) is 0 Å². The van der Waals surface area contributed by atoms with Gasteiger partial charge in [0, 0.05) is 0 Å². The molecule has 0 unspecified atom stereocenters. The van der Waals surface area contributed by atoms with Crippen LogP contribution in [0, 0.1) is 17.2 Å². The summed E-state index contributed by atoms with van der Waals surface area (Å²) in [5.41, 5.74) is -0.527. The van der Waals surface area contributed by atoms with Gasteiger partial charge in [-0.2, -0.15) is 5.26 Å². The van der Waals surface area contributed by atoms with Gasteiger partial charge in [0.25, 0.3) is 0 Å². The zero-order valence-electron chi connectivity index (χ0n) is 9.42. The van der Waals surface area contributed by atoms with Crippen molar-refractivity contribution in [2.24, 2.45) is 5.92 Å². The molecule has 0 aromatic carbocycles. The summed E-state index contributed by atoms with van der Waals surface area (Å²) in [5.74, 6) is 0.0764. The van der Waals surface area contributed by atoms with Crippen LogP contribution in [0.25, 0.3) is 0 Å². The first-order valence-electron chi connectivity index (χ1n) is 4.65. The van der Waals surface area contributed by atoms with E-state index in [1.54, 1.807) is 20.8 Å². The van der Waals surface area contributed by atoms with E-state index < -0.39 is 17.7 Å². The van der Waals surface area contributed by atoms with Crippen molar-refractivity contribution in [2.45, 2.75) is 46.3 Å². The minimum absolute atomic E-state index is 0.0764. The lowest BCUT2D eigenvalue weighted by atomic mass is 10.1. The summed E-state index contributed by atoms with van der Waals surface area (Å²) in [7, 11) is 0. The van der Waals surface area contributed by atoms with Crippen molar-refractivity contribution < 1.29 is 9.53 Å². The van der Waals surface area contributed by atoms with E-state index in [4.69, 9.17) is 10.00 Å². The van der Waals surface area contributed by atoms with Gasteiger partial charge >= 0.3 is 6.09 Å². The van der Waals surface area contributed by atoms with Crippen molar-refractivity contribution in [1.82, 2.24) is 5.32 Å². The Morgan fingerprint density at radius 2 is 1.93 bits per heavy atom. The average Bonchev–Trinajstić information content (AvgIpc) is 1.96. The van der Waals surface area contributed by atoms with Crippen molar-refractivity contribution in [3.05, 3.63) is 0 Å². The second-order valence-electron chi connectivity index (χ2n) is 4.50. The largest absolute Gasteiger partial charge is 0.444 e. The van der Waals surface area contributed by atoms with E-state index in [9.17, 15) is 4.79 Å². The van der Waals surface area contributed by atoms with Crippen LogP contribution in [0.1, 0.15) is 34.6 Å². The Morgan fingerprint density at radius 3 is 2.21 bits per heavy atom. The molecule has 1 N–H and O–H groups in total. The number of carbonyl (C=O) groups is 1. The molecule has 0 saturated carbocycles. The van der Waals surface area contributed by atoms with Gasteiger partial charge in [0.15, 0.2) is 0 Å². The van der Waals surface area contributed by atoms with Gasteiger partial charge in [0.1, 0.15) is 11.6 Å². The second-order valence-corrected chi connectivity index (χ2v) is 4.50. The molecular formula is C10H18N2O2. The van der Waals surface area contributed by atoms with E-state index >= 15 is 0 Å². The fraction of sp³-hybridized carbons (Fsp3) is 0.800. The Balaban J connectivity index is 4.13. The van der Waals surface area contributed by atoms with Crippen LogP contribution in [-0.2, 0) is 4.74 Å². The molecule has 14 heavy (non-hydrogen) atoms. The van der Waals surface area contributed by atoms with Gasteiger partial charge < -0.3 is 10.1 Å². The first kappa shape index (κ1) is 12.8. The van der Waals surface area contributed by atoms with Gasteiger partial charge in [-0.3, -0.25) is 0 Å². The van der Waals surface area contributed by atoms with Gasteiger partial charge in [-0.05, 0) is 26.7 Å². The molecule has 4 heteroatoms. The average molecular weight is 198 g/mol. The van der Waals surface area contributed by atoms with Gasteiger partial charge in [-0.1, -0.05) is 13.8 Å². The summed E-state index contributed by atoms with van der Waals surface area (Å²) in [6.07, 6.45) is -0.544. The lowest BCUT2D eigenvalue weighted by molar-refractivity contribution is 0.0506. The SMILES string of the molecule is CC(C)[C@H](C#N)NC(=O)OC(C)(C)C. The standard InChI is InChI=1S/C10H18N2O2/c1-7(2)8(6-11)12-9(13)14-10(3,4)5/h7-8H,1-5H3,(H,12,13)/t8-/m0/s1. The van der Waals surface area contributed by atoms with E-state index in [-0.39, 0.29) is 5.92 Å². The number of carbonyl (C=O) groups excluding carboxylic acids is 1. The number of hydrogen-bond donors (Lipinski definition) is 1. The number of hydrogen-bond acceptors (Lipinski definition) is 3. The highest BCUT2D eigenvalue weighted by Crippen LogP contribution is 2.08. The van der Waals surface area contributed by atoms with E-state index in [1.165, 1.54) is 0 Å². The van der Waals surface area contributed by atoms with Gasteiger partial charge in [0.05, 0.1) is 6.07 Å². The van der Waals surface area contributed by atoms with Crippen LogP contribution in [0.2, 0.25) is 0 Å². The molecule has 80 valence electrons. The van der Waals surface area contributed by atoms with Crippen LogP contribution in [-0.4, -0.2) is 17.7 Å². The van der Waals surface area contributed by atoms with E-state index in [1.807, 2.05) is 19.9 Å². The predicted molar refractivity (Wildman–Crippen MR) is 53.6 cm³/mol. The third-order valence-electron chi connectivity index (χ3n) is 1.48. The molecule has 0 aliphatic rings. The third kappa shape index (κ3) is 5.41. The molecule has 0 fully saturated rings. The molecule has 0 saturated heterocycles. The van der Waals surface area contributed by atoms with E-state index in [2.05, 4.69) is 5.32 Å². The maximum Gasteiger partial charge on any atom is 0.408 e. The van der Waals surface area contributed by atoms with Crippen molar-refractivity contribution in [1.29, 1.82) is 5.26 Å². The quantitative estimate of drug-likeness (QED) is 0.738. The highest BCUT2D eigenvalue weighted by atomic mass is 16.6. The van der Waals surface area contributed by atoms with Crippen molar-refractivity contribution in [3.63, 3.8) is 0 Å². The Morgan fingerprint density at radius 1 is 1.43 bits per heavy atom. The van der Waals surface area contributed by atoms with Crippen LogP contribution < -0.4 is 5.32 Å². The van der Waals surface area contributed by atoms with Crippen molar-refractivity contribution >= 4 is 6.09 Å². The molecule has 0 bridgehead atoms. The maximum atomic E-state index is 11.2. The Labute approximate surface area is 85.2 Å². The fourth-order valence-electron chi connectivity index (χ4n) is 0.783. The molecule has 0 radical (unpaired) electrons. The molecule has 0 aromatic heterocycles. The molecule has 1 amide bonds. The first-order valence-corrected chi connectivity index (χ1v) is 4.65.